The molecule has 0 bridgehead atoms. The van der Waals surface area contributed by atoms with Gasteiger partial charge in [-0.15, -0.1) is 0 Å². The zero-order valence-electron chi connectivity index (χ0n) is 27.7. The number of hydrogen-bond acceptors (Lipinski definition) is 6. The molecule has 2 heterocycles. The van der Waals surface area contributed by atoms with Gasteiger partial charge in [0.25, 0.3) is 0 Å². The zero-order valence-corrected chi connectivity index (χ0v) is 27.7. The number of methoxy groups -OCH3 is 1. The Morgan fingerprint density at radius 3 is 2.28 bits per heavy atom. The largest absolute Gasteiger partial charge is 0.497 e. The second-order valence-electron chi connectivity index (χ2n) is 13.3. The quantitative estimate of drug-likeness (QED) is 0.243. The van der Waals surface area contributed by atoms with Crippen LogP contribution in [0.2, 0.25) is 0 Å². The smallest absolute Gasteiger partial charge is 0.315 e. The van der Waals surface area contributed by atoms with E-state index < -0.39 is 23.7 Å². The zero-order chi connectivity index (χ0) is 33.3. The molecule has 250 valence electrons. The van der Waals surface area contributed by atoms with E-state index in [0.717, 1.165) is 16.9 Å². The second-order valence-corrected chi connectivity index (χ2v) is 13.3. The Labute approximate surface area is 272 Å². The van der Waals surface area contributed by atoms with E-state index in [1.165, 1.54) is 0 Å². The highest BCUT2D eigenvalue weighted by Gasteiger charge is 2.47. The minimum atomic E-state index is -0.897. The van der Waals surface area contributed by atoms with Crippen LogP contribution < -0.4 is 31.3 Å². The summed E-state index contributed by atoms with van der Waals surface area (Å²) in [5.74, 6) is -0.336. The van der Waals surface area contributed by atoms with E-state index in [-0.39, 0.29) is 42.3 Å². The number of carbonyl (C=O) groups is 4. The average molecular weight is 635 g/mol. The third-order valence-corrected chi connectivity index (χ3v) is 8.80. The highest BCUT2D eigenvalue weighted by atomic mass is 16.5. The van der Waals surface area contributed by atoms with Crippen molar-refractivity contribution in [2.24, 2.45) is 5.92 Å². The molecule has 5 atom stereocenters. The second kappa shape index (κ2) is 15.9. The van der Waals surface area contributed by atoms with Gasteiger partial charge < -0.3 is 36.2 Å². The number of ether oxygens (including phenoxy) is 1. The number of carbonyl (C=O) groups excluding carboxylic acids is 4. The molecule has 2 aliphatic rings. The summed E-state index contributed by atoms with van der Waals surface area (Å²) < 4.78 is 5.22. The molecular weight excluding hydrogens is 584 g/mol. The van der Waals surface area contributed by atoms with Crippen molar-refractivity contribution < 1.29 is 23.9 Å². The van der Waals surface area contributed by atoms with E-state index in [1.54, 1.807) is 19.1 Å². The lowest BCUT2D eigenvalue weighted by atomic mass is 9.92. The van der Waals surface area contributed by atoms with Crippen LogP contribution >= 0.6 is 0 Å². The molecule has 4 rings (SSSR count). The Balaban J connectivity index is 1.48. The Morgan fingerprint density at radius 1 is 0.935 bits per heavy atom. The molecule has 0 aromatic heterocycles. The summed E-state index contributed by atoms with van der Waals surface area (Å²) in [6.45, 7) is 6.33. The van der Waals surface area contributed by atoms with Crippen molar-refractivity contribution in [3.63, 3.8) is 0 Å². The highest BCUT2D eigenvalue weighted by Crippen LogP contribution is 2.34. The van der Waals surface area contributed by atoms with Crippen LogP contribution in [0.3, 0.4) is 0 Å². The topological polar surface area (TPSA) is 141 Å². The lowest BCUT2D eigenvalue weighted by molar-refractivity contribution is -0.143. The third-order valence-electron chi connectivity index (χ3n) is 8.80. The van der Waals surface area contributed by atoms with Gasteiger partial charge in [-0.3, -0.25) is 14.4 Å². The summed E-state index contributed by atoms with van der Waals surface area (Å²) in [5.41, 5.74) is 1.64. The predicted molar refractivity (Wildman–Crippen MR) is 177 cm³/mol. The molecule has 0 aliphatic carbocycles. The van der Waals surface area contributed by atoms with Gasteiger partial charge >= 0.3 is 6.03 Å². The first-order valence-electron chi connectivity index (χ1n) is 16.3. The number of amides is 5. The van der Waals surface area contributed by atoms with Crippen molar-refractivity contribution in [2.75, 3.05) is 27.2 Å². The van der Waals surface area contributed by atoms with Crippen molar-refractivity contribution in [3.05, 3.63) is 65.7 Å². The SMILES string of the molecule is CNC(Cc1ccccc1)C(=O)NC1C(=O)N2C(CC[C@@H]1CNC(=O)NC(C)(C)C)CC[C@H]2C(=O)NCCc1ccc(OC)cc1. The first kappa shape index (κ1) is 34.7. The lowest BCUT2D eigenvalue weighted by Crippen LogP contribution is -2.59. The molecule has 2 aromatic carbocycles. The van der Waals surface area contributed by atoms with Gasteiger partial charge in [-0.05, 0) is 89.6 Å². The van der Waals surface area contributed by atoms with Crippen LogP contribution in [0.15, 0.2) is 54.6 Å². The summed E-state index contributed by atoms with van der Waals surface area (Å²) in [5, 5.41) is 15.0. The van der Waals surface area contributed by atoms with Gasteiger partial charge in [-0.2, -0.15) is 0 Å². The van der Waals surface area contributed by atoms with Gasteiger partial charge in [0.15, 0.2) is 0 Å². The van der Waals surface area contributed by atoms with Crippen LogP contribution in [0.1, 0.15) is 57.6 Å². The monoisotopic (exact) mass is 634 g/mol. The maximum Gasteiger partial charge on any atom is 0.315 e. The van der Waals surface area contributed by atoms with E-state index >= 15 is 0 Å². The lowest BCUT2D eigenvalue weighted by Gasteiger charge is -2.33. The van der Waals surface area contributed by atoms with E-state index in [0.29, 0.717) is 45.1 Å². The van der Waals surface area contributed by atoms with Crippen LogP contribution in [0.5, 0.6) is 5.75 Å². The Kier molecular flexibility index (Phi) is 12.0. The molecule has 0 saturated carbocycles. The number of benzene rings is 2. The fraction of sp³-hybridized carbons (Fsp3) is 0.543. The van der Waals surface area contributed by atoms with Crippen LogP contribution in [-0.4, -0.2) is 85.6 Å². The predicted octanol–water partition coefficient (Wildman–Crippen LogP) is 2.54. The van der Waals surface area contributed by atoms with Gasteiger partial charge in [-0.25, -0.2) is 4.79 Å². The molecule has 2 aliphatic heterocycles. The molecule has 5 amide bonds. The van der Waals surface area contributed by atoms with E-state index in [2.05, 4.69) is 26.6 Å². The van der Waals surface area contributed by atoms with Crippen molar-refractivity contribution in [3.8, 4) is 5.75 Å². The molecular formula is C35H50N6O5. The van der Waals surface area contributed by atoms with Crippen molar-refractivity contribution in [1.29, 1.82) is 0 Å². The Bertz CT molecular complexity index is 1330. The number of nitrogens with one attached hydrogen (secondary N) is 5. The summed E-state index contributed by atoms with van der Waals surface area (Å²) >= 11 is 0. The number of urea groups is 1. The number of hydrogen-bond donors (Lipinski definition) is 5. The van der Waals surface area contributed by atoms with Crippen LogP contribution in [-0.2, 0) is 27.2 Å². The number of rotatable bonds is 12. The van der Waals surface area contributed by atoms with Gasteiger partial charge in [-0.1, -0.05) is 42.5 Å². The Hall–Kier alpha value is -4.12. The van der Waals surface area contributed by atoms with Crippen molar-refractivity contribution >= 4 is 23.8 Å². The highest BCUT2D eigenvalue weighted by molar-refractivity contribution is 5.94. The molecule has 2 saturated heterocycles. The fourth-order valence-electron chi connectivity index (χ4n) is 6.37. The molecule has 5 N–H and O–H groups in total. The summed E-state index contributed by atoms with van der Waals surface area (Å²) in [4.78, 5) is 55.9. The van der Waals surface area contributed by atoms with Gasteiger partial charge in [0, 0.05) is 30.6 Å². The number of fused-ring (bicyclic) bond motifs is 1. The van der Waals surface area contributed by atoms with Crippen LogP contribution in [0.4, 0.5) is 4.79 Å². The van der Waals surface area contributed by atoms with Gasteiger partial charge in [0.05, 0.1) is 13.2 Å². The van der Waals surface area contributed by atoms with Crippen molar-refractivity contribution in [1.82, 2.24) is 31.5 Å². The molecule has 11 nitrogen and oxygen atoms in total. The molecule has 2 fully saturated rings. The first-order chi connectivity index (χ1) is 22.0. The maximum atomic E-state index is 14.4. The standard InChI is InChI=1S/C35H50N6O5/c1-35(2,3)40-34(45)38-22-25-13-14-26-15-18-29(32(43)37-20-19-23-11-16-27(46-5)17-12-23)41(26)33(44)30(25)39-31(42)28(36-4)21-24-9-7-6-8-10-24/h6-12,16-17,25-26,28-30,36H,13-15,18-22H2,1-5H3,(H,37,43)(H,39,42)(H2,38,40,45)/t25-,26?,28?,29+,30?/m1/s1. The molecule has 2 aromatic rings. The number of nitrogens with zero attached hydrogens (tertiary/aromatic N) is 1. The first-order valence-corrected chi connectivity index (χ1v) is 16.3. The van der Waals surface area contributed by atoms with Gasteiger partial charge in [0.1, 0.15) is 17.8 Å². The normalized spacial score (nSPS) is 21.8. The maximum absolute atomic E-state index is 14.4. The van der Waals surface area contributed by atoms with Crippen LogP contribution in [0, 0.1) is 5.92 Å². The van der Waals surface area contributed by atoms with Crippen molar-refractivity contribution in [2.45, 2.75) is 89.0 Å². The minimum absolute atomic E-state index is 0.109. The van der Waals surface area contributed by atoms with Crippen LogP contribution in [0.25, 0.3) is 0 Å². The summed E-state index contributed by atoms with van der Waals surface area (Å²) in [6.07, 6.45) is 3.67. The molecule has 0 spiro atoms. The third kappa shape index (κ3) is 9.45. The molecule has 0 radical (unpaired) electrons. The average Bonchev–Trinajstić information content (AvgIpc) is 3.41. The Morgan fingerprint density at radius 2 is 1.63 bits per heavy atom. The molecule has 46 heavy (non-hydrogen) atoms. The number of likely N-dealkylation sites (N-methyl/N-ethyl adjacent to an activating group) is 1. The summed E-state index contributed by atoms with van der Waals surface area (Å²) in [7, 11) is 3.34. The molecule has 3 unspecified atom stereocenters. The summed E-state index contributed by atoms with van der Waals surface area (Å²) in [6, 6.07) is 14.9. The minimum Gasteiger partial charge on any atom is -0.497 e. The fourth-order valence-corrected chi connectivity index (χ4v) is 6.37. The van der Waals surface area contributed by atoms with E-state index in [4.69, 9.17) is 4.74 Å². The van der Waals surface area contributed by atoms with Gasteiger partial charge in [0.2, 0.25) is 17.7 Å². The van der Waals surface area contributed by atoms with E-state index in [9.17, 15) is 19.2 Å². The van der Waals surface area contributed by atoms with E-state index in [1.807, 2.05) is 75.4 Å². The molecule has 11 heteroatoms.